The lowest BCUT2D eigenvalue weighted by Gasteiger charge is -2.14. The number of fused-ring (bicyclic) bond motifs is 1. The van der Waals surface area contributed by atoms with Crippen molar-refractivity contribution in [2.75, 3.05) is 6.54 Å². The molecule has 0 spiro atoms. The molecule has 1 amide bonds. The fraction of sp³-hybridized carbons (Fsp3) is 0.188. The van der Waals surface area contributed by atoms with Crippen LogP contribution in [0.3, 0.4) is 0 Å². The Labute approximate surface area is 107 Å². The minimum Gasteiger partial charge on any atom is -0.351 e. The van der Waals surface area contributed by atoms with Crippen molar-refractivity contribution in [1.82, 2.24) is 5.32 Å². The Kier molecular flexibility index (Phi) is 2.85. The Morgan fingerprint density at radius 2 is 1.67 bits per heavy atom. The van der Waals surface area contributed by atoms with Crippen molar-refractivity contribution in [3.05, 3.63) is 71.3 Å². The van der Waals surface area contributed by atoms with Crippen molar-refractivity contribution in [2.24, 2.45) is 0 Å². The van der Waals surface area contributed by atoms with Crippen LogP contribution in [0.4, 0.5) is 0 Å². The van der Waals surface area contributed by atoms with Gasteiger partial charge in [-0.3, -0.25) is 4.79 Å². The van der Waals surface area contributed by atoms with Crippen LogP contribution in [0.25, 0.3) is 0 Å². The predicted octanol–water partition coefficient (Wildman–Crippen LogP) is 2.76. The van der Waals surface area contributed by atoms with Crippen LogP contribution in [0.15, 0.2) is 54.6 Å². The van der Waals surface area contributed by atoms with Gasteiger partial charge in [0.1, 0.15) is 0 Å². The Hall–Kier alpha value is -2.09. The molecule has 0 aromatic heterocycles. The third kappa shape index (κ3) is 2.02. The van der Waals surface area contributed by atoms with Gasteiger partial charge in [-0.25, -0.2) is 0 Å². The number of benzene rings is 2. The molecule has 2 aromatic rings. The van der Waals surface area contributed by atoms with E-state index in [1.807, 2.05) is 36.4 Å². The van der Waals surface area contributed by atoms with Crippen molar-refractivity contribution in [2.45, 2.75) is 12.3 Å². The summed E-state index contributed by atoms with van der Waals surface area (Å²) >= 11 is 0. The van der Waals surface area contributed by atoms with Crippen molar-refractivity contribution in [3.8, 4) is 0 Å². The standard InChI is InChI=1S/C16H15NO/c18-16-15-9-5-4-8-13(15)10-14(11-17-16)12-6-2-1-3-7-12/h1-9,14H,10-11H2,(H,17,18)/t14-/m0/s1. The first-order chi connectivity index (χ1) is 8.84. The average molecular weight is 237 g/mol. The number of amides is 1. The zero-order valence-corrected chi connectivity index (χ0v) is 10.1. The molecule has 2 aromatic carbocycles. The van der Waals surface area contributed by atoms with Crippen LogP contribution in [0.1, 0.15) is 27.4 Å². The molecule has 1 aliphatic heterocycles. The van der Waals surface area contributed by atoms with E-state index in [0.717, 1.165) is 17.5 Å². The average Bonchev–Trinajstić information content (AvgIpc) is 2.60. The summed E-state index contributed by atoms with van der Waals surface area (Å²) in [5.41, 5.74) is 3.24. The van der Waals surface area contributed by atoms with Crippen LogP contribution in [0, 0.1) is 0 Å². The molecule has 0 saturated heterocycles. The molecule has 0 aliphatic carbocycles. The van der Waals surface area contributed by atoms with Gasteiger partial charge in [-0.1, -0.05) is 48.5 Å². The second-order valence-electron chi connectivity index (χ2n) is 4.68. The van der Waals surface area contributed by atoms with Crippen LogP contribution >= 0.6 is 0 Å². The Morgan fingerprint density at radius 3 is 2.50 bits per heavy atom. The molecule has 1 atom stereocenters. The molecule has 3 rings (SSSR count). The summed E-state index contributed by atoms with van der Waals surface area (Å²) < 4.78 is 0. The summed E-state index contributed by atoms with van der Waals surface area (Å²) in [5, 5.41) is 3.01. The van der Waals surface area contributed by atoms with E-state index in [4.69, 9.17) is 0 Å². The third-order valence-electron chi connectivity index (χ3n) is 3.51. The van der Waals surface area contributed by atoms with Crippen LogP contribution in [0.2, 0.25) is 0 Å². The van der Waals surface area contributed by atoms with Crippen molar-refractivity contribution in [3.63, 3.8) is 0 Å². The Morgan fingerprint density at radius 1 is 0.944 bits per heavy atom. The molecule has 18 heavy (non-hydrogen) atoms. The molecule has 0 bridgehead atoms. The number of carbonyl (C=O) groups is 1. The second-order valence-corrected chi connectivity index (χ2v) is 4.68. The summed E-state index contributed by atoms with van der Waals surface area (Å²) in [6.07, 6.45) is 0.916. The first kappa shape index (κ1) is 11.0. The summed E-state index contributed by atoms with van der Waals surface area (Å²) in [6.45, 7) is 0.706. The maximum Gasteiger partial charge on any atom is 0.251 e. The van der Waals surface area contributed by atoms with Crippen LogP contribution in [-0.2, 0) is 6.42 Å². The van der Waals surface area contributed by atoms with Crippen LogP contribution in [0.5, 0.6) is 0 Å². The maximum atomic E-state index is 12.0. The van der Waals surface area contributed by atoms with Crippen LogP contribution in [-0.4, -0.2) is 12.5 Å². The van der Waals surface area contributed by atoms with Gasteiger partial charge in [-0.05, 0) is 23.6 Å². The van der Waals surface area contributed by atoms with Crippen molar-refractivity contribution >= 4 is 5.91 Å². The van der Waals surface area contributed by atoms with Gasteiger partial charge in [0.15, 0.2) is 0 Å². The highest BCUT2D eigenvalue weighted by atomic mass is 16.1. The lowest BCUT2D eigenvalue weighted by Crippen LogP contribution is -2.25. The van der Waals surface area contributed by atoms with E-state index >= 15 is 0 Å². The van der Waals surface area contributed by atoms with E-state index in [1.54, 1.807) is 0 Å². The molecule has 0 unspecified atom stereocenters. The molecule has 1 N–H and O–H groups in total. The highest BCUT2D eigenvalue weighted by Crippen LogP contribution is 2.24. The molecule has 2 heteroatoms. The number of hydrogen-bond acceptors (Lipinski definition) is 1. The summed E-state index contributed by atoms with van der Waals surface area (Å²) in [7, 11) is 0. The number of rotatable bonds is 1. The fourth-order valence-electron chi connectivity index (χ4n) is 2.53. The minimum atomic E-state index is 0.0454. The molecular formula is C16H15NO. The van der Waals surface area contributed by atoms with Gasteiger partial charge in [0.05, 0.1) is 0 Å². The third-order valence-corrected chi connectivity index (χ3v) is 3.51. The van der Waals surface area contributed by atoms with E-state index in [2.05, 4.69) is 23.5 Å². The van der Waals surface area contributed by atoms with Gasteiger partial charge in [0, 0.05) is 18.0 Å². The van der Waals surface area contributed by atoms with E-state index in [0.29, 0.717) is 12.5 Å². The zero-order valence-electron chi connectivity index (χ0n) is 10.1. The van der Waals surface area contributed by atoms with Gasteiger partial charge in [-0.2, -0.15) is 0 Å². The van der Waals surface area contributed by atoms with Gasteiger partial charge in [0.25, 0.3) is 5.91 Å². The van der Waals surface area contributed by atoms with Crippen LogP contribution < -0.4 is 5.32 Å². The Bertz CT molecular complexity index is 562. The van der Waals surface area contributed by atoms with E-state index in [-0.39, 0.29) is 5.91 Å². The molecule has 0 saturated carbocycles. The first-order valence-electron chi connectivity index (χ1n) is 6.25. The molecule has 1 aliphatic rings. The quantitative estimate of drug-likeness (QED) is 0.811. The highest BCUT2D eigenvalue weighted by Gasteiger charge is 2.21. The summed E-state index contributed by atoms with van der Waals surface area (Å²) in [5.74, 6) is 0.405. The monoisotopic (exact) mass is 237 g/mol. The zero-order chi connectivity index (χ0) is 12.4. The summed E-state index contributed by atoms with van der Waals surface area (Å²) in [6, 6.07) is 18.2. The normalized spacial score (nSPS) is 18.7. The topological polar surface area (TPSA) is 29.1 Å². The van der Waals surface area contributed by atoms with Gasteiger partial charge in [0.2, 0.25) is 0 Å². The molecule has 0 radical (unpaired) electrons. The van der Waals surface area contributed by atoms with E-state index in [1.165, 1.54) is 5.56 Å². The number of nitrogens with one attached hydrogen (secondary N) is 1. The molecule has 2 nitrogen and oxygen atoms in total. The number of carbonyl (C=O) groups excluding carboxylic acids is 1. The van der Waals surface area contributed by atoms with Crippen molar-refractivity contribution < 1.29 is 4.79 Å². The van der Waals surface area contributed by atoms with E-state index in [9.17, 15) is 4.79 Å². The van der Waals surface area contributed by atoms with E-state index < -0.39 is 0 Å². The predicted molar refractivity (Wildman–Crippen MR) is 71.7 cm³/mol. The maximum absolute atomic E-state index is 12.0. The second kappa shape index (κ2) is 4.65. The Balaban J connectivity index is 1.97. The number of hydrogen-bond donors (Lipinski definition) is 1. The lowest BCUT2D eigenvalue weighted by molar-refractivity contribution is 0.0954. The fourth-order valence-corrected chi connectivity index (χ4v) is 2.53. The smallest absolute Gasteiger partial charge is 0.251 e. The molecular weight excluding hydrogens is 222 g/mol. The minimum absolute atomic E-state index is 0.0454. The van der Waals surface area contributed by atoms with Gasteiger partial charge in [-0.15, -0.1) is 0 Å². The van der Waals surface area contributed by atoms with Gasteiger partial charge >= 0.3 is 0 Å². The highest BCUT2D eigenvalue weighted by molar-refractivity contribution is 5.96. The summed E-state index contributed by atoms with van der Waals surface area (Å²) in [4.78, 5) is 12.0. The van der Waals surface area contributed by atoms with Crippen molar-refractivity contribution in [1.29, 1.82) is 0 Å². The molecule has 90 valence electrons. The SMILES string of the molecule is O=C1NC[C@@H](c2ccccc2)Cc2ccccc21. The molecule has 1 heterocycles. The van der Waals surface area contributed by atoms with Gasteiger partial charge < -0.3 is 5.32 Å². The first-order valence-corrected chi connectivity index (χ1v) is 6.25. The largest absolute Gasteiger partial charge is 0.351 e. The molecule has 0 fully saturated rings. The lowest BCUT2D eigenvalue weighted by atomic mass is 9.91.